The molecule has 1 saturated carbocycles. The summed E-state index contributed by atoms with van der Waals surface area (Å²) in [6.45, 7) is 2.59. The lowest BCUT2D eigenvalue weighted by atomic mass is 9.63. The molecular formula is C21H27ClN4O4. The molecule has 1 aromatic heterocycles. The summed E-state index contributed by atoms with van der Waals surface area (Å²) < 4.78 is 6.47. The van der Waals surface area contributed by atoms with Crippen molar-refractivity contribution < 1.29 is 9.53 Å². The molecule has 0 spiro atoms. The number of nitrogens with two attached hydrogens (primary N) is 1. The minimum atomic E-state index is -0.761. The number of rotatable bonds is 8. The molecule has 1 fully saturated rings. The van der Waals surface area contributed by atoms with Gasteiger partial charge in [0.25, 0.3) is 5.56 Å². The molecule has 9 heteroatoms. The van der Waals surface area contributed by atoms with Crippen LogP contribution in [0.1, 0.15) is 38.2 Å². The molecule has 3 rings (SSSR count). The lowest BCUT2D eigenvalue weighted by Crippen LogP contribution is -2.54. The van der Waals surface area contributed by atoms with Crippen molar-refractivity contribution in [1.82, 2.24) is 9.55 Å². The van der Waals surface area contributed by atoms with E-state index in [4.69, 9.17) is 22.1 Å². The Balaban J connectivity index is 2.12. The Morgan fingerprint density at radius 2 is 1.97 bits per heavy atom. The summed E-state index contributed by atoms with van der Waals surface area (Å²) in [5.74, 6) is -0.243. The highest BCUT2D eigenvalue weighted by molar-refractivity contribution is 6.30. The second kappa shape index (κ2) is 9.06. The number of anilines is 2. The summed E-state index contributed by atoms with van der Waals surface area (Å²) in [6.07, 6.45) is 2.86. The predicted octanol–water partition coefficient (Wildman–Crippen LogP) is 2.28. The van der Waals surface area contributed by atoms with Crippen molar-refractivity contribution in [1.29, 1.82) is 0 Å². The number of carbonyl (C=O) groups excluding carboxylic acids is 1. The maximum absolute atomic E-state index is 13.8. The zero-order valence-corrected chi connectivity index (χ0v) is 18.0. The Kier molecular flexibility index (Phi) is 6.67. The van der Waals surface area contributed by atoms with Gasteiger partial charge in [-0.3, -0.25) is 19.1 Å². The van der Waals surface area contributed by atoms with Crippen molar-refractivity contribution in [2.75, 3.05) is 30.9 Å². The molecule has 2 aromatic rings. The number of carbonyl (C=O) groups is 1. The van der Waals surface area contributed by atoms with E-state index in [0.717, 1.165) is 12.0 Å². The largest absolute Gasteiger partial charge is 0.383 e. The monoisotopic (exact) mass is 434 g/mol. The van der Waals surface area contributed by atoms with Crippen molar-refractivity contribution in [2.45, 2.75) is 44.6 Å². The quantitative estimate of drug-likeness (QED) is 0.662. The Hall–Kier alpha value is -2.58. The van der Waals surface area contributed by atoms with Crippen molar-refractivity contribution in [3.8, 4) is 0 Å². The number of H-pyrrole nitrogens is 1. The minimum absolute atomic E-state index is 0.00895. The van der Waals surface area contributed by atoms with Gasteiger partial charge in [0.2, 0.25) is 5.91 Å². The van der Waals surface area contributed by atoms with Crippen molar-refractivity contribution in [3.63, 3.8) is 0 Å². The highest BCUT2D eigenvalue weighted by atomic mass is 35.5. The summed E-state index contributed by atoms with van der Waals surface area (Å²) in [5, 5.41) is 0.587. The number of ether oxygens (including phenoxy) is 1. The number of benzene rings is 1. The lowest BCUT2D eigenvalue weighted by molar-refractivity contribution is -0.127. The number of aromatic nitrogens is 2. The third-order valence-electron chi connectivity index (χ3n) is 5.71. The molecule has 30 heavy (non-hydrogen) atoms. The number of amides is 1. The maximum Gasteiger partial charge on any atom is 0.330 e. The van der Waals surface area contributed by atoms with Gasteiger partial charge in [0, 0.05) is 25.2 Å². The predicted molar refractivity (Wildman–Crippen MR) is 117 cm³/mol. The van der Waals surface area contributed by atoms with E-state index in [2.05, 4.69) is 4.98 Å². The van der Waals surface area contributed by atoms with Gasteiger partial charge in [-0.2, -0.15) is 0 Å². The molecule has 0 radical (unpaired) electrons. The van der Waals surface area contributed by atoms with Gasteiger partial charge < -0.3 is 15.4 Å². The van der Waals surface area contributed by atoms with Crippen LogP contribution in [-0.2, 0) is 21.5 Å². The third kappa shape index (κ3) is 3.89. The third-order valence-corrected chi connectivity index (χ3v) is 5.96. The molecule has 0 atom stereocenters. The number of aromatic amines is 1. The van der Waals surface area contributed by atoms with E-state index < -0.39 is 16.7 Å². The molecule has 1 aliphatic rings. The Morgan fingerprint density at radius 3 is 2.50 bits per heavy atom. The van der Waals surface area contributed by atoms with E-state index in [1.165, 1.54) is 16.6 Å². The number of hydrogen-bond acceptors (Lipinski definition) is 5. The van der Waals surface area contributed by atoms with Gasteiger partial charge in [-0.05, 0) is 37.0 Å². The van der Waals surface area contributed by atoms with Crippen LogP contribution in [0.15, 0.2) is 33.9 Å². The van der Waals surface area contributed by atoms with Crippen molar-refractivity contribution in [3.05, 3.63) is 55.7 Å². The Labute approximate surface area is 179 Å². The number of hydrogen-bond donors (Lipinski definition) is 2. The number of nitrogens with one attached hydrogen (secondary N) is 1. The van der Waals surface area contributed by atoms with E-state index in [1.54, 1.807) is 12.1 Å². The van der Waals surface area contributed by atoms with Gasteiger partial charge >= 0.3 is 5.69 Å². The standard InChI is InChI=1S/C21H27ClN4O4/c1-3-11-26-17(23)16(18(27)24-20(26)29)25(12-13-30-2)19(28)21(9-4-10-21)14-5-7-15(22)8-6-14/h5-8H,3-4,9-13,23H2,1-2H3,(H,24,27,29). The number of methoxy groups -OCH3 is 1. The van der Waals surface area contributed by atoms with Gasteiger partial charge in [0.15, 0.2) is 5.69 Å². The molecule has 3 N–H and O–H groups in total. The first kappa shape index (κ1) is 22.1. The van der Waals surface area contributed by atoms with Crippen LogP contribution in [0.5, 0.6) is 0 Å². The first-order valence-corrected chi connectivity index (χ1v) is 10.4. The summed E-state index contributed by atoms with van der Waals surface area (Å²) in [7, 11) is 1.52. The van der Waals surface area contributed by atoms with Crippen LogP contribution < -0.4 is 21.9 Å². The summed E-state index contributed by atoms with van der Waals surface area (Å²) in [4.78, 5) is 42.5. The van der Waals surface area contributed by atoms with Crippen LogP contribution in [0.4, 0.5) is 11.5 Å². The van der Waals surface area contributed by atoms with E-state index in [9.17, 15) is 14.4 Å². The zero-order chi connectivity index (χ0) is 21.9. The van der Waals surface area contributed by atoms with Gasteiger partial charge in [-0.15, -0.1) is 0 Å². The molecule has 0 aliphatic heterocycles. The van der Waals surface area contributed by atoms with Crippen molar-refractivity contribution >= 4 is 29.0 Å². The second-order valence-electron chi connectivity index (χ2n) is 7.54. The first-order valence-electron chi connectivity index (χ1n) is 10.0. The Morgan fingerprint density at radius 1 is 1.30 bits per heavy atom. The topological polar surface area (TPSA) is 110 Å². The van der Waals surface area contributed by atoms with Gasteiger partial charge in [0.05, 0.1) is 12.0 Å². The number of nitrogens with zero attached hydrogens (tertiary/aromatic N) is 2. The average molecular weight is 435 g/mol. The van der Waals surface area contributed by atoms with Crippen molar-refractivity contribution in [2.24, 2.45) is 0 Å². The zero-order valence-electron chi connectivity index (χ0n) is 17.2. The fourth-order valence-corrected chi connectivity index (χ4v) is 4.09. The van der Waals surface area contributed by atoms with Gasteiger partial charge in [-0.1, -0.05) is 37.1 Å². The molecule has 0 bridgehead atoms. The molecule has 162 valence electrons. The minimum Gasteiger partial charge on any atom is -0.383 e. The molecular weight excluding hydrogens is 408 g/mol. The van der Waals surface area contributed by atoms with E-state index >= 15 is 0 Å². The summed E-state index contributed by atoms with van der Waals surface area (Å²) in [5.41, 5.74) is 5.05. The highest BCUT2D eigenvalue weighted by Crippen LogP contribution is 2.46. The summed E-state index contributed by atoms with van der Waals surface area (Å²) >= 11 is 6.03. The van der Waals surface area contributed by atoms with Crippen LogP contribution >= 0.6 is 11.6 Å². The first-order chi connectivity index (χ1) is 14.4. The number of halogens is 1. The van der Waals surface area contributed by atoms with E-state index in [0.29, 0.717) is 30.8 Å². The van der Waals surface area contributed by atoms with Crippen LogP contribution in [0, 0.1) is 0 Å². The molecule has 0 saturated heterocycles. The smallest absolute Gasteiger partial charge is 0.330 e. The Bertz CT molecular complexity index is 1020. The molecule has 1 amide bonds. The molecule has 1 aromatic carbocycles. The van der Waals surface area contributed by atoms with Gasteiger partial charge in [-0.25, -0.2) is 4.79 Å². The van der Waals surface area contributed by atoms with Crippen LogP contribution in [0.25, 0.3) is 0 Å². The van der Waals surface area contributed by atoms with E-state index in [-0.39, 0.29) is 30.6 Å². The number of nitrogen functional groups attached to an aromatic ring is 1. The fourth-order valence-electron chi connectivity index (χ4n) is 3.96. The van der Waals surface area contributed by atoms with Gasteiger partial charge in [0.1, 0.15) is 5.82 Å². The van der Waals surface area contributed by atoms with Crippen LogP contribution in [0.2, 0.25) is 5.02 Å². The molecule has 0 unspecified atom stereocenters. The average Bonchev–Trinajstić information content (AvgIpc) is 2.68. The molecule has 8 nitrogen and oxygen atoms in total. The fraction of sp³-hybridized carbons (Fsp3) is 0.476. The SMILES string of the molecule is CCCn1c(N)c(N(CCOC)C(=O)C2(c3ccc(Cl)cc3)CCC2)c(=O)[nH]c1=O. The highest BCUT2D eigenvalue weighted by Gasteiger charge is 2.48. The summed E-state index contributed by atoms with van der Waals surface area (Å²) in [6, 6.07) is 7.21. The maximum atomic E-state index is 13.8. The van der Waals surface area contributed by atoms with Crippen LogP contribution in [0.3, 0.4) is 0 Å². The normalized spacial score (nSPS) is 14.9. The lowest BCUT2D eigenvalue weighted by Gasteiger charge is -2.44. The molecule has 1 heterocycles. The van der Waals surface area contributed by atoms with E-state index in [1.807, 2.05) is 19.1 Å². The van der Waals surface area contributed by atoms with Crippen LogP contribution in [-0.4, -0.2) is 35.7 Å². The molecule has 1 aliphatic carbocycles. The second-order valence-corrected chi connectivity index (χ2v) is 7.97.